The molecule has 0 spiro atoms. The van der Waals surface area contributed by atoms with Crippen LogP contribution in [0, 0.1) is 10.1 Å². The lowest BCUT2D eigenvalue weighted by Gasteiger charge is -2.39. The lowest BCUT2D eigenvalue weighted by Crippen LogP contribution is -2.46. The van der Waals surface area contributed by atoms with Crippen molar-refractivity contribution in [1.29, 1.82) is 0 Å². The summed E-state index contributed by atoms with van der Waals surface area (Å²) in [6.07, 6.45) is 2.51. The van der Waals surface area contributed by atoms with E-state index in [1.54, 1.807) is 0 Å². The molecule has 106 valence electrons. The van der Waals surface area contributed by atoms with Crippen molar-refractivity contribution in [3.8, 4) is 0 Å². The van der Waals surface area contributed by atoms with Crippen molar-refractivity contribution in [2.45, 2.75) is 42.3 Å². The Morgan fingerprint density at radius 1 is 1.56 bits per heavy atom. The topological polar surface area (TPSA) is 81.6 Å². The van der Waals surface area contributed by atoms with E-state index in [-0.39, 0.29) is 22.5 Å². The Balaban J connectivity index is 2.25. The van der Waals surface area contributed by atoms with Crippen LogP contribution in [0.4, 0.5) is 0 Å². The van der Waals surface area contributed by atoms with Gasteiger partial charge in [0.15, 0.2) is 0 Å². The number of hydrogen-bond acceptors (Lipinski definition) is 5. The molecule has 0 radical (unpaired) electrons. The van der Waals surface area contributed by atoms with Gasteiger partial charge in [0.2, 0.25) is 6.04 Å². The number of nitro groups is 1. The summed E-state index contributed by atoms with van der Waals surface area (Å²) in [4.78, 5) is 12.8. The summed E-state index contributed by atoms with van der Waals surface area (Å²) in [7, 11) is 4.08. The van der Waals surface area contributed by atoms with Crippen molar-refractivity contribution in [3.05, 3.63) is 10.1 Å². The maximum Gasteiger partial charge on any atom is 0.237 e. The third-order valence-corrected chi connectivity index (χ3v) is 4.15. The van der Waals surface area contributed by atoms with Gasteiger partial charge >= 0.3 is 0 Å². The largest absolute Gasteiger partial charge is 0.371 e. The highest BCUT2D eigenvalue weighted by molar-refractivity contribution is 9.09. The fourth-order valence-electron chi connectivity index (χ4n) is 1.95. The average molecular weight is 324 g/mol. The van der Waals surface area contributed by atoms with Crippen molar-refractivity contribution in [3.63, 3.8) is 0 Å². The summed E-state index contributed by atoms with van der Waals surface area (Å²) in [6.45, 7) is 0.580. The predicted octanol–water partition coefficient (Wildman–Crippen LogP) is 0.853. The first-order valence-electron chi connectivity index (χ1n) is 6.19. The van der Waals surface area contributed by atoms with Crippen LogP contribution < -0.4 is 5.73 Å². The van der Waals surface area contributed by atoms with Crippen molar-refractivity contribution >= 4 is 15.9 Å². The summed E-state index contributed by atoms with van der Waals surface area (Å²) < 4.78 is 5.60. The minimum absolute atomic E-state index is 0.0209. The summed E-state index contributed by atoms with van der Waals surface area (Å²) in [5.74, 6) is 0. The molecule has 6 nitrogen and oxygen atoms in total. The van der Waals surface area contributed by atoms with Crippen molar-refractivity contribution in [1.82, 2.24) is 4.90 Å². The van der Waals surface area contributed by atoms with Crippen molar-refractivity contribution in [2.24, 2.45) is 5.73 Å². The molecule has 18 heavy (non-hydrogen) atoms. The van der Waals surface area contributed by atoms with E-state index in [4.69, 9.17) is 10.5 Å². The molecule has 0 aromatic rings. The molecule has 1 aliphatic rings. The van der Waals surface area contributed by atoms with Gasteiger partial charge in [0.25, 0.3) is 0 Å². The highest BCUT2D eigenvalue weighted by Gasteiger charge is 2.33. The summed E-state index contributed by atoms with van der Waals surface area (Å²) in [6, 6.07) is -0.117. The molecule has 0 aliphatic heterocycles. The summed E-state index contributed by atoms with van der Waals surface area (Å²) in [5, 5.41) is 10.9. The molecular weight excluding hydrogens is 302 g/mol. The van der Waals surface area contributed by atoms with E-state index >= 15 is 0 Å². The third kappa shape index (κ3) is 4.79. The number of rotatable bonds is 8. The van der Waals surface area contributed by atoms with Crippen LogP contribution in [0.15, 0.2) is 0 Å². The standard InChI is InChI=1S/C11H22BrN3O3/c1-14(2)9-4-11(5-9)18-7-10(15(16)17)3-8(12)6-13/h8-11H,3-7,13H2,1-2H3. The number of halogens is 1. The summed E-state index contributed by atoms with van der Waals surface area (Å²) >= 11 is 3.32. The number of alkyl halides is 1. The van der Waals surface area contributed by atoms with Crippen molar-refractivity contribution < 1.29 is 9.66 Å². The Morgan fingerprint density at radius 2 is 2.17 bits per heavy atom. The molecule has 0 saturated heterocycles. The Labute approximate surface area is 116 Å². The monoisotopic (exact) mass is 323 g/mol. The zero-order valence-electron chi connectivity index (χ0n) is 10.9. The van der Waals surface area contributed by atoms with E-state index in [0.717, 1.165) is 12.8 Å². The Hall–Kier alpha value is -0.240. The Kier molecular flexibility index (Phi) is 6.48. The van der Waals surface area contributed by atoms with Crippen LogP contribution >= 0.6 is 15.9 Å². The first kappa shape index (κ1) is 15.8. The summed E-state index contributed by atoms with van der Waals surface area (Å²) in [5.41, 5.74) is 5.45. The third-order valence-electron chi connectivity index (χ3n) is 3.41. The van der Waals surface area contributed by atoms with E-state index < -0.39 is 6.04 Å². The van der Waals surface area contributed by atoms with Gasteiger partial charge in [-0.2, -0.15) is 0 Å². The van der Waals surface area contributed by atoms with Gasteiger partial charge in [0, 0.05) is 28.8 Å². The molecule has 1 rings (SSSR count). The van der Waals surface area contributed by atoms with E-state index in [2.05, 4.69) is 20.8 Å². The normalized spacial score (nSPS) is 26.7. The molecule has 0 amide bonds. The van der Waals surface area contributed by atoms with Gasteiger partial charge < -0.3 is 15.4 Å². The quantitative estimate of drug-likeness (QED) is 0.407. The molecule has 0 bridgehead atoms. The maximum absolute atomic E-state index is 10.9. The SMILES string of the molecule is CN(C)C1CC(OCC(CC(Br)CN)[N+](=O)[O-])C1. The minimum Gasteiger partial charge on any atom is -0.371 e. The van der Waals surface area contributed by atoms with Crippen LogP contribution in [-0.4, -0.2) is 60.1 Å². The molecule has 2 unspecified atom stereocenters. The highest BCUT2D eigenvalue weighted by Crippen LogP contribution is 2.27. The van der Waals surface area contributed by atoms with Gasteiger partial charge in [0.1, 0.15) is 6.61 Å². The molecule has 7 heteroatoms. The second kappa shape index (κ2) is 7.37. The second-order valence-electron chi connectivity index (χ2n) is 5.05. The molecule has 1 aliphatic carbocycles. The Bertz CT molecular complexity index is 272. The molecule has 2 atom stereocenters. The number of nitrogens with two attached hydrogens (primary N) is 1. The van der Waals surface area contributed by atoms with Gasteiger partial charge in [-0.1, -0.05) is 15.9 Å². The van der Waals surface area contributed by atoms with E-state index in [1.165, 1.54) is 0 Å². The van der Waals surface area contributed by atoms with Crippen LogP contribution in [0.2, 0.25) is 0 Å². The first-order valence-corrected chi connectivity index (χ1v) is 7.11. The minimum atomic E-state index is -0.670. The van der Waals surface area contributed by atoms with Crippen LogP contribution in [0.3, 0.4) is 0 Å². The number of ether oxygens (including phenoxy) is 1. The van der Waals surface area contributed by atoms with Crippen LogP contribution in [0.25, 0.3) is 0 Å². The van der Waals surface area contributed by atoms with Crippen LogP contribution in [-0.2, 0) is 4.74 Å². The molecular formula is C11H22BrN3O3. The predicted molar refractivity (Wildman–Crippen MR) is 73.6 cm³/mol. The van der Waals surface area contributed by atoms with Gasteiger partial charge in [-0.25, -0.2) is 0 Å². The lowest BCUT2D eigenvalue weighted by molar-refractivity contribution is -0.528. The second-order valence-corrected chi connectivity index (χ2v) is 6.35. The van der Waals surface area contributed by atoms with Gasteiger partial charge in [-0.05, 0) is 26.9 Å². The molecule has 1 fully saturated rings. The first-order chi connectivity index (χ1) is 8.43. The smallest absolute Gasteiger partial charge is 0.237 e. The van der Waals surface area contributed by atoms with Gasteiger partial charge in [0.05, 0.1) is 6.10 Å². The fraction of sp³-hybridized carbons (Fsp3) is 1.00. The zero-order chi connectivity index (χ0) is 13.7. The lowest BCUT2D eigenvalue weighted by atomic mass is 9.88. The van der Waals surface area contributed by atoms with Crippen LogP contribution in [0.1, 0.15) is 19.3 Å². The van der Waals surface area contributed by atoms with Crippen LogP contribution in [0.5, 0.6) is 0 Å². The average Bonchev–Trinajstić information content (AvgIpc) is 2.24. The van der Waals surface area contributed by atoms with Gasteiger partial charge in [-0.15, -0.1) is 0 Å². The van der Waals surface area contributed by atoms with E-state index in [1.807, 2.05) is 14.1 Å². The maximum atomic E-state index is 10.9. The fourth-order valence-corrected chi connectivity index (χ4v) is 2.38. The molecule has 0 heterocycles. The van der Waals surface area contributed by atoms with Gasteiger partial charge in [-0.3, -0.25) is 10.1 Å². The molecule has 0 aromatic carbocycles. The Morgan fingerprint density at radius 3 is 2.61 bits per heavy atom. The highest BCUT2D eigenvalue weighted by atomic mass is 79.9. The van der Waals surface area contributed by atoms with E-state index in [0.29, 0.717) is 19.0 Å². The van der Waals surface area contributed by atoms with Crippen molar-refractivity contribution in [2.75, 3.05) is 27.2 Å². The zero-order valence-corrected chi connectivity index (χ0v) is 12.5. The molecule has 2 N–H and O–H groups in total. The number of hydrogen-bond donors (Lipinski definition) is 1. The molecule has 0 aromatic heterocycles. The molecule has 1 saturated carbocycles. The number of nitrogens with zero attached hydrogens (tertiary/aromatic N) is 2. The van der Waals surface area contributed by atoms with E-state index in [9.17, 15) is 10.1 Å².